The zero-order valence-corrected chi connectivity index (χ0v) is 21.9. The van der Waals surface area contributed by atoms with Crippen LogP contribution >= 0.6 is 11.8 Å². The van der Waals surface area contributed by atoms with Gasteiger partial charge in [-0.05, 0) is 37.7 Å². The van der Waals surface area contributed by atoms with Crippen LogP contribution in [0.5, 0.6) is 0 Å². The van der Waals surface area contributed by atoms with Crippen LogP contribution in [0, 0.1) is 6.92 Å². The molecule has 0 aromatic heterocycles. The molecule has 37 heavy (non-hydrogen) atoms. The maximum absolute atomic E-state index is 13.5. The van der Waals surface area contributed by atoms with E-state index in [4.69, 9.17) is 14.5 Å². The third kappa shape index (κ3) is 5.50. The highest BCUT2D eigenvalue weighted by molar-refractivity contribution is 8.16. The molecule has 0 radical (unpaired) electrons. The van der Waals surface area contributed by atoms with Crippen LogP contribution in [0.15, 0.2) is 76.3 Å². The largest absolute Gasteiger partial charge is 0.463 e. The van der Waals surface area contributed by atoms with Crippen molar-refractivity contribution < 1.29 is 19.1 Å². The lowest BCUT2D eigenvalue weighted by Crippen LogP contribution is -2.38. The van der Waals surface area contributed by atoms with Crippen molar-refractivity contribution in [2.45, 2.75) is 45.3 Å². The number of amides is 1. The summed E-state index contributed by atoms with van der Waals surface area (Å²) >= 11 is 1.47. The zero-order chi connectivity index (χ0) is 25.8. The third-order valence-electron chi connectivity index (χ3n) is 6.64. The van der Waals surface area contributed by atoms with Crippen molar-refractivity contribution in [2.75, 3.05) is 19.8 Å². The summed E-state index contributed by atoms with van der Waals surface area (Å²) in [5.41, 5.74) is 4.77. The van der Waals surface area contributed by atoms with Gasteiger partial charge < -0.3 is 19.7 Å². The number of thioether (sulfide) groups is 1. The van der Waals surface area contributed by atoms with Crippen molar-refractivity contribution in [1.82, 2.24) is 10.2 Å². The molecule has 5 rings (SSSR count). The molecule has 0 bridgehead atoms. The van der Waals surface area contributed by atoms with E-state index < -0.39 is 12.0 Å². The molecule has 2 atom stereocenters. The quantitative estimate of drug-likeness (QED) is 0.499. The summed E-state index contributed by atoms with van der Waals surface area (Å²) in [5, 5.41) is 5.71. The number of hydrogen-bond donors (Lipinski definition) is 1. The van der Waals surface area contributed by atoms with Crippen LogP contribution in [0.1, 0.15) is 48.9 Å². The van der Waals surface area contributed by atoms with Crippen LogP contribution in [0.25, 0.3) is 5.70 Å². The second-order valence-electron chi connectivity index (χ2n) is 9.27. The average molecular weight is 518 g/mol. The second kappa shape index (κ2) is 11.4. The van der Waals surface area contributed by atoms with E-state index in [2.05, 4.69) is 5.32 Å². The van der Waals surface area contributed by atoms with E-state index in [1.807, 2.05) is 71.8 Å². The summed E-state index contributed by atoms with van der Waals surface area (Å²) in [4.78, 5) is 33.4. The molecule has 3 aliphatic rings. The highest BCUT2D eigenvalue weighted by Crippen LogP contribution is 2.47. The number of esters is 1. The molecule has 1 fully saturated rings. The van der Waals surface area contributed by atoms with Gasteiger partial charge in [0.25, 0.3) is 0 Å². The predicted octanol–water partition coefficient (Wildman–Crippen LogP) is 4.96. The fourth-order valence-corrected chi connectivity index (χ4v) is 5.73. The Bertz CT molecular complexity index is 1250. The van der Waals surface area contributed by atoms with Gasteiger partial charge in [-0.15, -0.1) is 0 Å². The molecule has 1 amide bonds. The summed E-state index contributed by atoms with van der Waals surface area (Å²) in [6, 6.07) is 17.4. The van der Waals surface area contributed by atoms with Gasteiger partial charge in [0.05, 0.1) is 36.4 Å². The summed E-state index contributed by atoms with van der Waals surface area (Å²) < 4.78 is 11.2. The Morgan fingerprint density at radius 2 is 1.95 bits per heavy atom. The van der Waals surface area contributed by atoms with E-state index in [0.717, 1.165) is 47.0 Å². The van der Waals surface area contributed by atoms with E-state index in [1.165, 1.54) is 11.8 Å². The maximum Gasteiger partial charge on any atom is 0.338 e. The van der Waals surface area contributed by atoms with Gasteiger partial charge in [0.2, 0.25) is 5.91 Å². The number of aryl methyl sites for hydroxylation is 1. The SMILES string of the molecule is CCOC(=O)C1=C(c2ccccc2)N=C2SC=C(CC(=O)NC[C@@H]3CCCO3)N2[C@@H]1c1ccc(C)cc1. The number of carbonyl (C=O) groups excluding carboxylic acids is 2. The number of benzene rings is 2. The van der Waals surface area contributed by atoms with Gasteiger partial charge in [-0.25, -0.2) is 9.79 Å². The topological polar surface area (TPSA) is 80.2 Å². The number of fused-ring (bicyclic) bond motifs is 1. The van der Waals surface area contributed by atoms with E-state index in [-0.39, 0.29) is 25.0 Å². The van der Waals surface area contributed by atoms with Crippen LogP contribution in [0.3, 0.4) is 0 Å². The first-order valence-electron chi connectivity index (χ1n) is 12.7. The van der Waals surface area contributed by atoms with Crippen LogP contribution < -0.4 is 5.32 Å². The second-order valence-corrected chi connectivity index (χ2v) is 10.1. The Labute approximate surface area is 221 Å². The number of aliphatic imine (C=N–C) groups is 1. The molecule has 0 unspecified atom stereocenters. The molecule has 3 heterocycles. The van der Waals surface area contributed by atoms with Gasteiger partial charge in [-0.3, -0.25) is 4.79 Å². The number of ether oxygens (including phenoxy) is 2. The molecule has 1 N–H and O–H groups in total. The van der Waals surface area contributed by atoms with Gasteiger partial charge >= 0.3 is 5.97 Å². The van der Waals surface area contributed by atoms with Crippen molar-refractivity contribution in [3.8, 4) is 0 Å². The minimum Gasteiger partial charge on any atom is -0.463 e. The van der Waals surface area contributed by atoms with E-state index in [0.29, 0.717) is 17.8 Å². The summed E-state index contributed by atoms with van der Waals surface area (Å²) in [6.07, 6.45) is 2.25. The van der Waals surface area contributed by atoms with Gasteiger partial charge in [0, 0.05) is 24.4 Å². The Balaban J connectivity index is 1.52. The van der Waals surface area contributed by atoms with E-state index >= 15 is 0 Å². The highest BCUT2D eigenvalue weighted by Gasteiger charge is 2.42. The maximum atomic E-state index is 13.5. The number of nitrogens with one attached hydrogen (secondary N) is 1. The smallest absolute Gasteiger partial charge is 0.338 e. The molecule has 3 aliphatic heterocycles. The number of rotatable bonds is 8. The zero-order valence-electron chi connectivity index (χ0n) is 21.1. The predicted molar refractivity (Wildman–Crippen MR) is 145 cm³/mol. The molecule has 7 nitrogen and oxygen atoms in total. The van der Waals surface area contributed by atoms with Crippen LogP contribution in [-0.4, -0.2) is 47.8 Å². The lowest BCUT2D eigenvalue weighted by atomic mass is 9.91. The first-order valence-corrected chi connectivity index (χ1v) is 13.6. The fourth-order valence-electron chi connectivity index (χ4n) is 4.81. The first-order chi connectivity index (χ1) is 18.0. The normalized spacial score (nSPS) is 20.9. The first kappa shape index (κ1) is 25.3. The number of carbonyl (C=O) groups is 2. The molecule has 2 aromatic carbocycles. The Morgan fingerprint density at radius 1 is 1.16 bits per heavy atom. The van der Waals surface area contributed by atoms with Crippen LogP contribution in [-0.2, 0) is 19.1 Å². The van der Waals surface area contributed by atoms with Crippen molar-refractivity contribution in [3.63, 3.8) is 0 Å². The minimum atomic E-state index is -0.477. The number of hydrogen-bond acceptors (Lipinski definition) is 7. The molecule has 0 spiro atoms. The highest BCUT2D eigenvalue weighted by atomic mass is 32.2. The summed E-state index contributed by atoms with van der Waals surface area (Å²) in [5.74, 6) is -0.490. The standard InChI is InChI=1S/C29H31N3O4S/c1-3-35-28(34)25-26(20-8-5-4-6-9-20)31-29-32(27(25)21-13-11-19(2)12-14-21)22(18-37-29)16-24(33)30-17-23-10-7-15-36-23/h4-6,8-9,11-14,18,23,27H,3,7,10,15-17H2,1-2H3,(H,30,33)/t23-,27+/m0/s1. The molecule has 8 heteroatoms. The van der Waals surface area contributed by atoms with Gasteiger partial charge in [-0.1, -0.05) is 71.9 Å². The summed E-state index contributed by atoms with van der Waals surface area (Å²) in [7, 11) is 0. The van der Waals surface area contributed by atoms with E-state index in [9.17, 15) is 9.59 Å². The third-order valence-corrected chi connectivity index (χ3v) is 7.53. The number of nitrogens with zero attached hydrogens (tertiary/aromatic N) is 2. The van der Waals surface area contributed by atoms with Crippen molar-refractivity contribution in [1.29, 1.82) is 0 Å². The summed E-state index contributed by atoms with van der Waals surface area (Å²) in [6.45, 7) is 5.35. The van der Waals surface area contributed by atoms with Gasteiger partial charge in [0.15, 0.2) is 5.17 Å². The number of amidine groups is 1. The van der Waals surface area contributed by atoms with Crippen molar-refractivity contribution in [2.24, 2.45) is 4.99 Å². The molecule has 0 aliphatic carbocycles. The molecule has 2 aromatic rings. The molecule has 192 valence electrons. The van der Waals surface area contributed by atoms with Crippen molar-refractivity contribution in [3.05, 3.63) is 88.0 Å². The molecule has 1 saturated heterocycles. The Morgan fingerprint density at radius 3 is 2.65 bits per heavy atom. The average Bonchev–Trinajstić information content (AvgIpc) is 3.58. The van der Waals surface area contributed by atoms with Gasteiger partial charge in [0.1, 0.15) is 0 Å². The Hall–Kier alpha value is -3.36. The van der Waals surface area contributed by atoms with Crippen molar-refractivity contribution >= 4 is 34.5 Å². The van der Waals surface area contributed by atoms with Crippen LogP contribution in [0.4, 0.5) is 0 Å². The molecular weight excluding hydrogens is 486 g/mol. The molecule has 0 saturated carbocycles. The van der Waals surface area contributed by atoms with Gasteiger partial charge in [-0.2, -0.15) is 0 Å². The minimum absolute atomic E-state index is 0.0788. The fraction of sp³-hybridized carbons (Fsp3) is 0.345. The van der Waals surface area contributed by atoms with Crippen LogP contribution in [0.2, 0.25) is 0 Å². The molecular formula is C29H31N3O4S. The Kier molecular flexibility index (Phi) is 7.76. The monoisotopic (exact) mass is 517 g/mol. The lowest BCUT2D eigenvalue weighted by molar-refractivity contribution is -0.139. The lowest BCUT2D eigenvalue weighted by Gasteiger charge is -2.37. The van der Waals surface area contributed by atoms with E-state index in [1.54, 1.807) is 6.92 Å².